The molecule has 1 aromatic rings. The molecule has 0 amide bonds. The largest absolute Gasteiger partial charge is 0.565 e. The zero-order chi connectivity index (χ0) is 17.9. The van der Waals surface area contributed by atoms with Crippen LogP contribution in [0.5, 0.6) is 0 Å². The quantitative estimate of drug-likeness (QED) is 0.485. The minimum Gasteiger partial charge on any atom is -0.565 e. The Morgan fingerprint density at radius 2 is 1.75 bits per heavy atom. The summed E-state index contributed by atoms with van der Waals surface area (Å²) in [5, 5.41) is 16.9. The number of hydrogen-bond acceptors (Lipinski definition) is 2. The number of rotatable bonds is 3. The Morgan fingerprint density at radius 3 is 2.25 bits per heavy atom. The molecular weight excluding hydrogens is 368 g/mol. The molecule has 3 N–H and O–H groups in total. The molecule has 0 radical (unpaired) electrons. The summed E-state index contributed by atoms with van der Waals surface area (Å²) >= 11 is 3.46. The molecule has 0 saturated carbocycles. The van der Waals surface area contributed by atoms with Crippen molar-refractivity contribution in [2.45, 2.75) is 26.2 Å². The third-order valence-corrected chi connectivity index (χ3v) is 5.64. The molecule has 0 aromatic heterocycles. The Hall–Kier alpha value is -1.40. The van der Waals surface area contributed by atoms with E-state index in [1.807, 2.05) is 36.1 Å². The summed E-state index contributed by atoms with van der Waals surface area (Å²) in [4.78, 5) is 8.58. The second-order valence-electron chi connectivity index (χ2n) is 6.94. The molecule has 0 aliphatic carbocycles. The van der Waals surface area contributed by atoms with Crippen LogP contribution in [0.15, 0.2) is 33.7 Å². The van der Waals surface area contributed by atoms with Crippen LogP contribution in [0.4, 0.5) is 0 Å². The number of aliphatic imine (C=N–C) groups is 1. The highest BCUT2D eigenvalue weighted by Crippen LogP contribution is 2.34. The average Bonchev–Trinajstić information content (AvgIpc) is 2.55. The topological polar surface area (TPSA) is 65.6 Å². The van der Waals surface area contributed by atoms with Crippen LogP contribution in [0.2, 0.25) is 0 Å². The molecule has 1 aromatic carbocycles. The lowest BCUT2D eigenvalue weighted by Gasteiger charge is -2.34. The van der Waals surface area contributed by atoms with E-state index in [2.05, 4.69) is 46.7 Å². The molecule has 1 aliphatic rings. The molecular formula is C18H28BrN4O+. The third-order valence-electron chi connectivity index (χ3n) is 5.11. The number of nitrogens with one attached hydrogen (secondary N) is 1. The number of hydrogen-bond donors (Lipinski definition) is 1. The van der Waals surface area contributed by atoms with E-state index in [0.717, 1.165) is 36.2 Å². The Kier molecular flexibility index (Phi) is 6.04. The van der Waals surface area contributed by atoms with Gasteiger partial charge >= 0.3 is 6.02 Å². The van der Waals surface area contributed by atoms with Crippen LogP contribution < -0.4 is 0 Å². The first-order valence-corrected chi connectivity index (χ1v) is 9.13. The number of piperazine rings is 1. The predicted octanol–water partition coefficient (Wildman–Crippen LogP) is 2.67. The molecule has 2 rings (SSSR count). The monoisotopic (exact) mass is 395 g/mol. The van der Waals surface area contributed by atoms with Crippen molar-refractivity contribution in [2.24, 2.45) is 10.9 Å². The van der Waals surface area contributed by atoms with E-state index >= 15 is 0 Å². The van der Waals surface area contributed by atoms with Crippen molar-refractivity contribution in [1.82, 2.24) is 9.80 Å². The van der Waals surface area contributed by atoms with Crippen molar-refractivity contribution < 1.29 is 5.11 Å². The van der Waals surface area contributed by atoms with Gasteiger partial charge in [-0.3, -0.25) is 10.3 Å². The number of halogens is 1. The van der Waals surface area contributed by atoms with E-state index in [0.29, 0.717) is 0 Å². The first kappa shape index (κ1) is 18.9. The summed E-state index contributed by atoms with van der Waals surface area (Å²) < 4.78 is 1.02. The smallest absolute Gasteiger partial charge is 0.444 e. The molecule has 24 heavy (non-hydrogen) atoms. The summed E-state index contributed by atoms with van der Waals surface area (Å²) in [6.45, 7) is 9.70. The number of benzene rings is 1. The molecule has 132 valence electrons. The molecule has 5 nitrogen and oxygen atoms in total. The predicted molar refractivity (Wildman–Crippen MR) is 104 cm³/mol. The highest BCUT2D eigenvalue weighted by atomic mass is 79.9. The average molecular weight is 396 g/mol. The van der Waals surface area contributed by atoms with Gasteiger partial charge in [0.15, 0.2) is 0 Å². The van der Waals surface area contributed by atoms with E-state index in [1.165, 1.54) is 0 Å². The summed E-state index contributed by atoms with van der Waals surface area (Å²) in [5.74, 6) is 0.457. The van der Waals surface area contributed by atoms with Gasteiger partial charge in [0.1, 0.15) is 5.84 Å². The van der Waals surface area contributed by atoms with E-state index in [1.54, 1.807) is 0 Å². The fourth-order valence-electron chi connectivity index (χ4n) is 2.85. The normalized spacial score (nSPS) is 19.4. The molecule has 6 heteroatoms. The van der Waals surface area contributed by atoms with Gasteiger partial charge in [0.25, 0.3) is 0 Å². The maximum Gasteiger partial charge on any atom is 0.444 e. The standard InChI is InChI=1S/C18H27BrN4O/c1-13(2)18(3,14-5-7-15(19)8-6-14)16(20)21-17(24)23-11-9-22(4)10-12-23/h5-8,13H,9-12H2,1-4H3,(H2,20,21,24)/p+1. The third kappa shape index (κ3) is 3.98. The lowest BCUT2D eigenvalue weighted by molar-refractivity contribution is 0.194. The molecule has 1 saturated heterocycles. The second kappa shape index (κ2) is 7.66. The van der Waals surface area contributed by atoms with Gasteiger partial charge < -0.3 is 10.0 Å². The Balaban J connectivity index is 2.25. The summed E-state index contributed by atoms with van der Waals surface area (Å²) in [6.07, 6.45) is 0. The van der Waals surface area contributed by atoms with Crippen LogP contribution in [-0.4, -0.2) is 60.0 Å². The van der Waals surface area contributed by atoms with E-state index < -0.39 is 5.41 Å². The molecule has 1 aliphatic heterocycles. The molecule has 0 spiro atoms. The summed E-state index contributed by atoms with van der Waals surface area (Å²) in [6, 6.07) is 8.27. The van der Waals surface area contributed by atoms with Gasteiger partial charge in [0, 0.05) is 30.7 Å². The summed E-state index contributed by atoms with van der Waals surface area (Å²) in [7, 11) is 2.09. The zero-order valence-corrected chi connectivity index (χ0v) is 16.5. The van der Waals surface area contributed by atoms with Crippen LogP contribution >= 0.6 is 15.9 Å². The summed E-state index contributed by atoms with van der Waals surface area (Å²) in [5.41, 5.74) is 0.542. The van der Waals surface area contributed by atoms with Crippen LogP contribution in [0.3, 0.4) is 0 Å². The van der Waals surface area contributed by atoms with Gasteiger partial charge in [-0.25, -0.2) is 0 Å². The van der Waals surface area contributed by atoms with Crippen LogP contribution in [-0.2, 0) is 5.41 Å². The zero-order valence-electron chi connectivity index (χ0n) is 14.9. The lowest BCUT2D eigenvalue weighted by Crippen LogP contribution is -2.48. The second-order valence-corrected chi connectivity index (χ2v) is 7.85. The minimum absolute atomic E-state index is 0.204. The molecule has 1 fully saturated rings. The number of nitrogens with zero attached hydrogens (tertiary/aromatic N) is 3. The van der Waals surface area contributed by atoms with Gasteiger partial charge in [0.2, 0.25) is 0 Å². The van der Waals surface area contributed by atoms with Gasteiger partial charge in [-0.15, -0.1) is 4.99 Å². The minimum atomic E-state index is -0.514. The van der Waals surface area contributed by atoms with Crippen molar-refractivity contribution in [3.05, 3.63) is 34.3 Å². The first-order valence-electron chi connectivity index (χ1n) is 8.34. The fraction of sp³-hybridized carbons (Fsp3) is 0.556. The van der Waals surface area contributed by atoms with E-state index in [4.69, 9.17) is 10.5 Å². The Labute approximate surface area is 153 Å². The van der Waals surface area contributed by atoms with Gasteiger partial charge in [-0.05, 0) is 37.6 Å². The molecule has 1 atom stereocenters. The maximum absolute atomic E-state index is 8.60. The SMILES string of the molecule is CC(C)C(C)(C(=N)N=C([OH2+])N1CCN(C)CC1)c1ccc(Br)cc1. The van der Waals surface area contributed by atoms with Crippen molar-refractivity contribution in [1.29, 1.82) is 5.41 Å². The van der Waals surface area contributed by atoms with E-state index in [-0.39, 0.29) is 17.8 Å². The highest BCUT2D eigenvalue weighted by molar-refractivity contribution is 9.10. The van der Waals surface area contributed by atoms with Gasteiger partial charge in [-0.2, -0.15) is 0 Å². The van der Waals surface area contributed by atoms with Crippen molar-refractivity contribution in [3.63, 3.8) is 0 Å². The maximum atomic E-state index is 8.60. The molecule has 0 bridgehead atoms. The Bertz CT molecular complexity index is 606. The van der Waals surface area contributed by atoms with Crippen molar-refractivity contribution in [3.8, 4) is 0 Å². The lowest BCUT2D eigenvalue weighted by atomic mass is 9.72. The van der Waals surface area contributed by atoms with E-state index in [9.17, 15) is 0 Å². The van der Waals surface area contributed by atoms with Gasteiger partial charge in [0.05, 0.1) is 5.41 Å². The highest BCUT2D eigenvalue weighted by Gasteiger charge is 2.37. The fourth-order valence-corrected chi connectivity index (χ4v) is 3.11. The first-order chi connectivity index (χ1) is 11.2. The molecule has 1 unspecified atom stereocenters. The van der Waals surface area contributed by atoms with Crippen molar-refractivity contribution in [2.75, 3.05) is 33.2 Å². The Morgan fingerprint density at radius 1 is 1.21 bits per heavy atom. The van der Waals surface area contributed by atoms with Gasteiger partial charge in [-0.1, -0.05) is 41.9 Å². The molecule has 1 heterocycles. The number of likely N-dealkylation sites (N-methyl/N-ethyl adjacent to an activating group) is 1. The van der Waals surface area contributed by atoms with Crippen molar-refractivity contribution >= 4 is 27.8 Å². The van der Waals surface area contributed by atoms with Crippen LogP contribution in [0, 0.1) is 11.3 Å². The van der Waals surface area contributed by atoms with Crippen LogP contribution in [0.1, 0.15) is 26.3 Å². The number of amidine groups is 2. The van der Waals surface area contributed by atoms with Crippen LogP contribution in [0.25, 0.3) is 0 Å².